The van der Waals surface area contributed by atoms with Gasteiger partial charge in [-0.05, 0) is 42.5 Å². The molecule has 0 atom stereocenters. The first-order chi connectivity index (χ1) is 15.0. The molecule has 1 aliphatic heterocycles. The standard InChI is InChI=1S/C22H21FN6O2.CH4/c1-3-20(30)25-14-5-4-6-15(11-14)26-21-17(23)13-24-22(28-21)27-16-7-8-19-18(12-16)29(2)9-10-31-19;/h3-8,11-13H,1,9-10H2,2H3,(H,25,30)(H2,24,26,27,28);1H4. The Labute approximate surface area is 186 Å². The summed E-state index contributed by atoms with van der Waals surface area (Å²) in [6, 6.07) is 12.5. The van der Waals surface area contributed by atoms with E-state index >= 15 is 0 Å². The summed E-state index contributed by atoms with van der Waals surface area (Å²) < 4.78 is 20.0. The minimum absolute atomic E-state index is 0. The maximum absolute atomic E-state index is 14.3. The lowest BCUT2D eigenvalue weighted by atomic mass is 10.2. The van der Waals surface area contributed by atoms with Crippen LogP contribution < -0.4 is 25.6 Å². The number of nitrogens with zero attached hydrogens (tertiary/aromatic N) is 3. The van der Waals surface area contributed by atoms with Gasteiger partial charge in [-0.1, -0.05) is 20.1 Å². The van der Waals surface area contributed by atoms with Crippen LogP contribution in [0.4, 0.5) is 38.9 Å². The number of likely N-dealkylation sites (N-methyl/N-ethyl adjacent to an activating group) is 1. The maximum Gasteiger partial charge on any atom is 0.247 e. The number of hydrogen-bond donors (Lipinski definition) is 3. The van der Waals surface area contributed by atoms with Crippen LogP contribution in [0.5, 0.6) is 5.75 Å². The molecule has 4 rings (SSSR count). The number of carbonyl (C=O) groups is 1. The van der Waals surface area contributed by atoms with Crippen molar-refractivity contribution in [1.82, 2.24) is 9.97 Å². The van der Waals surface area contributed by atoms with E-state index in [0.717, 1.165) is 29.9 Å². The number of fused-ring (bicyclic) bond motifs is 1. The Balaban J connectivity index is 0.00000289. The SMILES string of the molecule is C.C=CC(=O)Nc1cccc(Nc2nc(Nc3ccc4c(c3)N(C)CCO4)ncc2F)c1. The molecule has 32 heavy (non-hydrogen) atoms. The van der Waals surface area contributed by atoms with Gasteiger partial charge in [-0.2, -0.15) is 4.98 Å². The molecular formula is C23H25FN6O2. The van der Waals surface area contributed by atoms with Crippen LogP contribution in [-0.2, 0) is 4.79 Å². The number of aromatic nitrogens is 2. The van der Waals surface area contributed by atoms with Gasteiger partial charge in [0.15, 0.2) is 11.6 Å². The van der Waals surface area contributed by atoms with Gasteiger partial charge in [-0.15, -0.1) is 0 Å². The van der Waals surface area contributed by atoms with E-state index in [0.29, 0.717) is 18.0 Å². The van der Waals surface area contributed by atoms with Crippen LogP contribution in [0.1, 0.15) is 7.43 Å². The third kappa shape index (κ3) is 5.12. The van der Waals surface area contributed by atoms with Gasteiger partial charge in [-0.25, -0.2) is 9.37 Å². The molecule has 1 aromatic heterocycles. The second-order valence-electron chi connectivity index (χ2n) is 6.87. The summed E-state index contributed by atoms with van der Waals surface area (Å²) in [4.78, 5) is 21.9. The number of anilines is 6. The molecule has 0 spiro atoms. The molecule has 2 heterocycles. The Kier molecular flexibility index (Phi) is 6.89. The minimum atomic E-state index is -0.607. The summed E-state index contributed by atoms with van der Waals surface area (Å²) in [6.07, 6.45) is 2.27. The van der Waals surface area contributed by atoms with Crippen molar-refractivity contribution in [2.75, 3.05) is 41.0 Å². The van der Waals surface area contributed by atoms with Gasteiger partial charge in [0, 0.05) is 24.1 Å². The summed E-state index contributed by atoms with van der Waals surface area (Å²) >= 11 is 0. The van der Waals surface area contributed by atoms with Crippen molar-refractivity contribution in [1.29, 1.82) is 0 Å². The Morgan fingerprint density at radius 2 is 1.97 bits per heavy atom. The van der Waals surface area contributed by atoms with Gasteiger partial charge in [-0.3, -0.25) is 4.79 Å². The second-order valence-corrected chi connectivity index (χ2v) is 6.87. The first-order valence-corrected chi connectivity index (χ1v) is 9.60. The molecule has 3 N–H and O–H groups in total. The maximum atomic E-state index is 14.3. The fourth-order valence-corrected chi connectivity index (χ4v) is 3.08. The number of ether oxygens (including phenoxy) is 1. The van der Waals surface area contributed by atoms with Crippen molar-refractivity contribution in [2.45, 2.75) is 7.43 Å². The molecule has 166 valence electrons. The van der Waals surface area contributed by atoms with Crippen LogP contribution in [-0.4, -0.2) is 36.1 Å². The van der Waals surface area contributed by atoms with Crippen molar-refractivity contribution in [3.63, 3.8) is 0 Å². The van der Waals surface area contributed by atoms with Gasteiger partial charge in [0.2, 0.25) is 11.9 Å². The first-order valence-electron chi connectivity index (χ1n) is 9.60. The molecule has 1 amide bonds. The summed E-state index contributed by atoms with van der Waals surface area (Å²) in [6.45, 7) is 4.86. The van der Waals surface area contributed by atoms with Crippen molar-refractivity contribution in [3.8, 4) is 5.75 Å². The molecule has 0 saturated heterocycles. The topological polar surface area (TPSA) is 91.4 Å². The molecule has 3 aromatic rings. The van der Waals surface area contributed by atoms with Crippen molar-refractivity contribution in [2.24, 2.45) is 0 Å². The predicted molar refractivity (Wildman–Crippen MR) is 126 cm³/mol. The zero-order valence-electron chi connectivity index (χ0n) is 16.9. The number of amides is 1. The van der Waals surface area contributed by atoms with Gasteiger partial charge < -0.3 is 25.6 Å². The lowest BCUT2D eigenvalue weighted by Crippen LogP contribution is -2.28. The largest absolute Gasteiger partial charge is 0.490 e. The highest BCUT2D eigenvalue weighted by Crippen LogP contribution is 2.34. The number of rotatable bonds is 6. The molecule has 0 unspecified atom stereocenters. The second kappa shape index (κ2) is 9.78. The summed E-state index contributed by atoms with van der Waals surface area (Å²) in [5.41, 5.74) is 2.80. The molecular weight excluding hydrogens is 411 g/mol. The number of halogens is 1. The molecule has 0 fully saturated rings. The van der Waals surface area contributed by atoms with Crippen LogP contribution in [0.2, 0.25) is 0 Å². The summed E-state index contributed by atoms with van der Waals surface area (Å²) in [7, 11) is 1.99. The Morgan fingerprint density at radius 1 is 1.19 bits per heavy atom. The molecule has 0 radical (unpaired) electrons. The normalized spacial score (nSPS) is 12.0. The number of benzene rings is 2. The van der Waals surface area contributed by atoms with E-state index in [1.807, 2.05) is 25.2 Å². The van der Waals surface area contributed by atoms with Crippen LogP contribution in [0.3, 0.4) is 0 Å². The average molecular weight is 436 g/mol. The monoisotopic (exact) mass is 436 g/mol. The van der Waals surface area contributed by atoms with Gasteiger partial charge in [0.05, 0.1) is 18.4 Å². The highest BCUT2D eigenvalue weighted by Gasteiger charge is 2.16. The third-order valence-corrected chi connectivity index (χ3v) is 4.63. The zero-order valence-corrected chi connectivity index (χ0v) is 16.9. The van der Waals surface area contributed by atoms with Gasteiger partial charge in [0.25, 0.3) is 0 Å². The van der Waals surface area contributed by atoms with E-state index in [4.69, 9.17) is 4.74 Å². The minimum Gasteiger partial charge on any atom is -0.490 e. The van der Waals surface area contributed by atoms with Crippen molar-refractivity contribution < 1.29 is 13.9 Å². The van der Waals surface area contributed by atoms with E-state index in [1.165, 1.54) is 6.08 Å². The smallest absolute Gasteiger partial charge is 0.247 e. The van der Waals surface area contributed by atoms with Crippen molar-refractivity contribution in [3.05, 3.63) is 67.1 Å². The van der Waals surface area contributed by atoms with Crippen LogP contribution in [0.15, 0.2) is 61.3 Å². The third-order valence-electron chi connectivity index (χ3n) is 4.63. The number of nitrogens with one attached hydrogen (secondary N) is 3. The molecule has 0 saturated carbocycles. The lowest BCUT2D eigenvalue weighted by molar-refractivity contribution is -0.111. The van der Waals surface area contributed by atoms with E-state index < -0.39 is 5.82 Å². The molecule has 1 aliphatic rings. The highest BCUT2D eigenvalue weighted by atomic mass is 19.1. The van der Waals surface area contributed by atoms with Gasteiger partial charge >= 0.3 is 0 Å². The number of hydrogen-bond acceptors (Lipinski definition) is 7. The lowest BCUT2D eigenvalue weighted by Gasteiger charge is -2.28. The predicted octanol–water partition coefficient (Wildman–Crippen LogP) is 4.69. The Morgan fingerprint density at radius 3 is 2.78 bits per heavy atom. The number of carbonyl (C=O) groups excluding carboxylic acids is 1. The fourth-order valence-electron chi connectivity index (χ4n) is 3.08. The first kappa shape index (κ1) is 22.5. The Bertz CT molecular complexity index is 1140. The average Bonchev–Trinajstić information content (AvgIpc) is 2.77. The molecule has 0 aliphatic carbocycles. The quantitative estimate of drug-likeness (QED) is 0.483. The molecule has 0 bridgehead atoms. The van der Waals surface area contributed by atoms with Gasteiger partial charge in [0.1, 0.15) is 12.4 Å². The Hall–Kier alpha value is -4.14. The van der Waals surface area contributed by atoms with Crippen LogP contribution in [0.25, 0.3) is 0 Å². The molecule has 9 heteroatoms. The van der Waals surface area contributed by atoms with E-state index in [1.54, 1.807) is 24.3 Å². The zero-order chi connectivity index (χ0) is 21.8. The molecule has 2 aromatic carbocycles. The summed E-state index contributed by atoms with van der Waals surface area (Å²) in [5.74, 6) is 0.107. The fraction of sp³-hybridized carbons (Fsp3) is 0.174. The van der Waals surface area contributed by atoms with E-state index in [-0.39, 0.29) is 25.1 Å². The highest BCUT2D eigenvalue weighted by molar-refractivity contribution is 5.99. The summed E-state index contributed by atoms with van der Waals surface area (Å²) in [5, 5.41) is 8.66. The van der Waals surface area contributed by atoms with Crippen LogP contribution in [0, 0.1) is 5.82 Å². The molecule has 8 nitrogen and oxygen atoms in total. The van der Waals surface area contributed by atoms with Crippen molar-refractivity contribution >= 4 is 40.4 Å². The van der Waals surface area contributed by atoms with E-state index in [9.17, 15) is 9.18 Å². The van der Waals surface area contributed by atoms with E-state index in [2.05, 4.69) is 37.4 Å². The van der Waals surface area contributed by atoms with Crippen LogP contribution >= 0.6 is 0 Å².